The average molecular weight is 354 g/mol. The van der Waals surface area contributed by atoms with Crippen molar-refractivity contribution in [2.24, 2.45) is 7.05 Å². The number of thioether (sulfide) groups is 1. The molecule has 0 atom stereocenters. The zero-order valence-corrected chi connectivity index (χ0v) is 14.7. The van der Waals surface area contributed by atoms with Gasteiger partial charge in [-0.15, -0.1) is 0 Å². The Kier molecular flexibility index (Phi) is 4.27. The minimum absolute atomic E-state index is 0.0816. The van der Waals surface area contributed by atoms with Crippen molar-refractivity contribution in [2.75, 3.05) is 29.9 Å². The number of hydrogen-bond donors (Lipinski definition) is 1. The molecule has 3 aromatic rings. The number of rotatable bonds is 3. The molecule has 7 nitrogen and oxygen atoms in total. The maximum Gasteiger partial charge on any atom is 0.253 e. The summed E-state index contributed by atoms with van der Waals surface area (Å²) in [6.45, 7) is 1.62. The van der Waals surface area contributed by atoms with E-state index in [0.29, 0.717) is 11.4 Å². The second-order valence-electron chi connectivity index (χ2n) is 5.84. The summed E-state index contributed by atoms with van der Waals surface area (Å²) in [5.74, 6) is 2.77. The Morgan fingerprint density at radius 2 is 2.08 bits per heavy atom. The quantitative estimate of drug-likeness (QED) is 0.778. The lowest BCUT2D eigenvalue weighted by Gasteiger charge is -2.26. The number of fused-ring (bicyclic) bond motifs is 1. The highest BCUT2D eigenvalue weighted by molar-refractivity contribution is 7.99. The Morgan fingerprint density at radius 1 is 1.24 bits per heavy atom. The summed E-state index contributed by atoms with van der Waals surface area (Å²) in [5.41, 5.74) is 2.27. The Hall–Kier alpha value is -2.61. The van der Waals surface area contributed by atoms with Gasteiger partial charge in [-0.3, -0.25) is 9.48 Å². The smallest absolute Gasteiger partial charge is 0.253 e. The van der Waals surface area contributed by atoms with E-state index in [4.69, 9.17) is 0 Å². The topological polar surface area (TPSA) is 75.9 Å². The molecule has 0 bridgehead atoms. The number of carbonyl (C=O) groups excluding carboxylic acids is 1. The molecule has 0 unspecified atom stereocenters. The molecule has 2 aromatic heterocycles. The van der Waals surface area contributed by atoms with Crippen molar-refractivity contribution in [3.63, 3.8) is 0 Å². The van der Waals surface area contributed by atoms with Crippen molar-refractivity contribution in [2.45, 2.75) is 0 Å². The second-order valence-corrected chi connectivity index (χ2v) is 7.06. The van der Waals surface area contributed by atoms with Gasteiger partial charge in [0.1, 0.15) is 12.1 Å². The molecule has 25 heavy (non-hydrogen) atoms. The standard InChI is InChI=1S/C17H18N6OS/c1-22-16-14(10-20-22)15(18-11-19-16)21-13-4-2-3-12(9-13)17(24)23-5-7-25-8-6-23/h2-4,9-11H,5-8H2,1H3,(H,18,19,21). The highest BCUT2D eigenvalue weighted by atomic mass is 32.2. The monoisotopic (exact) mass is 354 g/mol. The number of aryl methyl sites for hydroxylation is 1. The fourth-order valence-corrected chi connectivity index (χ4v) is 3.78. The molecule has 128 valence electrons. The Morgan fingerprint density at radius 3 is 2.92 bits per heavy atom. The lowest BCUT2D eigenvalue weighted by Crippen LogP contribution is -2.37. The van der Waals surface area contributed by atoms with Crippen molar-refractivity contribution >= 4 is 40.2 Å². The molecule has 1 aromatic carbocycles. The zero-order chi connectivity index (χ0) is 17.2. The van der Waals surface area contributed by atoms with Gasteiger partial charge in [0.05, 0.1) is 11.6 Å². The first kappa shape index (κ1) is 15.9. The van der Waals surface area contributed by atoms with E-state index in [1.54, 1.807) is 10.9 Å². The summed E-state index contributed by atoms with van der Waals surface area (Å²) in [6.07, 6.45) is 3.24. The summed E-state index contributed by atoms with van der Waals surface area (Å²) in [6, 6.07) is 7.53. The highest BCUT2D eigenvalue weighted by Crippen LogP contribution is 2.23. The Labute approximate surface area is 149 Å². The van der Waals surface area contributed by atoms with Gasteiger partial charge in [-0.1, -0.05) is 6.07 Å². The second kappa shape index (κ2) is 6.72. The third-order valence-corrected chi connectivity index (χ3v) is 5.14. The third kappa shape index (κ3) is 3.17. The van der Waals surface area contributed by atoms with E-state index < -0.39 is 0 Å². The molecule has 1 amide bonds. The largest absolute Gasteiger partial charge is 0.339 e. The molecule has 0 radical (unpaired) electrons. The van der Waals surface area contributed by atoms with Crippen molar-refractivity contribution < 1.29 is 4.79 Å². The normalized spacial score (nSPS) is 14.7. The van der Waals surface area contributed by atoms with Gasteiger partial charge in [-0.2, -0.15) is 16.9 Å². The van der Waals surface area contributed by atoms with Crippen LogP contribution in [0.25, 0.3) is 11.0 Å². The number of aromatic nitrogens is 4. The van der Waals surface area contributed by atoms with Gasteiger partial charge < -0.3 is 10.2 Å². The number of anilines is 2. The summed E-state index contributed by atoms with van der Waals surface area (Å²) >= 11 is 1.89. The van der Waals surface area contributed by atoms with E-state index in [0.717, 1.165) is 41.3 Å². The van der Waals surface area contributed by atoms with Gasteiger partial charge in [0.25, 0.3) is 5.91 Å². The molecule has 1 saturated heterocycles. The van der Waals surface area contributed by atoms with E-state index in [2.05, 4.69) is 20.4 Å². The van der Waals surface area contributed by atoms with Gasteiger partial charge in [0.15, 0.2) is 5.65 Å². The van der Waals surface area contributed by atoms with Crippen LogP contribution in [0.5, 0.6) is 0 Å². The minimum atomic E-state index is 0.0816. The predicted molar refractivity (Wildman–Crippen MR) is 99.3 cm³/mol. The van der Waals surface area contributed by atoms with Crippen LogP contribution in [-0.2, 0) is 7.05 Å². The maximum absolute atomic E-state index is 12.7. The van der Waals surface area contributed by atoms with Crippen molar-refractivity contribution in [3.05, 3.63) is 42.4 Å². The first-order valence-corrected chi connectivity index (χ1v) is 9.24. The number of nitrogens with zero attached hydrogens (tertiary/aromatic N) is 5. The van der Waals surface area contributed by atoms with Gasteiger partial charge in [0.2, 0.25) is 0 Å². The Balaban J connectivity index is 1.60. The molecule has 0 spiro atoms. The molecule has 1 fully saturated rings. The lowest BCUT2D eigenvalue weighted by molar-refractivity contribution is 0.0772. The van der Waals surface area contributed by atoms with E-state index in [9.17, 15) is 4.79 Å². The molecule has 3 heterocycles. The van der Waals surface area contributed by atoms with Crippen molar-refractivity contribution in [3.8, 4) is 0 Å². The molecular weight excluding hydrogens is 336 g/mol. The summed E-state index contributed by atoms with van der Waals surface area (Å²) in [7, 11) is 1.84. The van der Waals surface area contributed by atoms with Crippen LogP contribution in [-0.4, -0.2) is 55.2 Å². The fourth-order valence-electron chi connectivity index (χ4n) is 2.88. The van der Waals surface area contributed by atoms with Crippen LogP contribution in [0.15, 0.2) is 36.8 Å². The lowest BCUT2D eigenvalue weighted by atomic mass is 10.1. The van der Waals surface area contributed by atoms with Gasteiger partial charge >= 0.3 is 0 Å². The SMILES string of the molecule is Cn1ncc2c(Nc3cccc(C(=O)N4CCSCC4)c3)ncnc21. The molecule has 4 rings (SSSR count). The summed E-state index contributed by atoms with van der Waals surface area (Å²) in [4.78, 5) is 23.1. The van der Waals surface area contributed by atoms with Crippen LogP contribution < -0.4 is 5.32 Å². The first-order chi connectivity index (χ1) is 12.2. The third-order valence-electron chi connectivity index (χ3n) is 4.20. The molecule has 1 N–H and O–H groups in total. The van der Waals surface area contributed by atoms with Crippen LogP contribution >= 0.6 is 11.8 Å². The number of benzene rings is 1. The number of carbonyl (C=O) groups is 1. The van der Waals surface area contributed by atoms with Crippen LogP contribution in [0.2, 0.25) is 0 Å². The summed E-state index contributed by atoms with van der Waals surface area (Å²) < 4.78 is 1.70. The van der Waals surface area contributed by atoms with Crippen molar-refractivity contribution in [1.82, 2.24) is 24.6 Å². The Bertz CT molecular complexity index is 918. The summed E-state index contributed by atoms with van der Waals surface area (Å²) in [5, 5.41) is 8.34. The van der Waals surface area contributed by atoms with Crippen molar-refractivity contribution in [1.29, 1.82) is 0 Å². The average Bonchev–Trinajstić information content (AvgIpc) is 3.04. The minimum Gasteiger partial charge on any atom is -0.339 e. The first-order valence-electron chi connectivity index (χ1n) is 8.09. The fraction of sp³-hybridized carbons (Fsp3) is 0.294. The van der Waals surface area contributed by atoms with Crippen LogP contribution in [0.1, 0.15) is 10.4 Å². The van der Waals surface area contributed by atoms with E-state index >= 15 is 0 Å². The van der Waals surface area contributed by atoms with Gasteiger partial charge in [0, 0.05) is 42.9 Å². The number of amides is 1. The van der Waals surface area contributed by atoms with E-state index in [-0.39, 0.29) is 5.91 Å². The van der Waals surface area contributed by atoms with Crippen LogP contribution in [0.3, 0.4) is 0 Å². The van der Waals surface area contributed by atoms with Gasteiger partial charge in [-0.25, -0.2) is 9.97 Å². The predicted octanol–water partition coefficient (Wildman–Crippen LogP) is 2.30. The number of nitrogens with one attached hydrogen (secondary N) is 1. The zero-order valence-electron chi connectivity index (χ0n) is 13.8. The molecular formula is C17H18N6OS. The van der Waals surface area contributed by atoms with Gasteiger partial charge in [-0.05, 0) is 18.2 Å². The van der Waals surface area contributed by atoms with Crippen LogP contribution in [0, 0.1) is 0 Å². The molecule has 1 aliphatic heterocycles. The molecule has 1 aliphatic rings. The maximum atomic E-state index is 12.7. The highest BCUT2D eigenvalue weighted by Gasteiger charge is 2.18. The molecule has 0 saturated carbocycles. The van der Waals surface area contributed by atoms with E-state index in [1.165, 1.54) is 6.33 Å². The van der Waals surface area contributed by atoms with Crippen LogP contribution in [0.4, 0.5) is 11.5 Å². The molecule has 0 aliphatic carbocycles. The van der Waals surface area contributed by atoms with E-state index in [1.807, 2.05) is 48.0 Å². The number of hydrogen-bond acceptors (Lipinski definition) is 6. The molecule has 8 heteroatoms.